The van der Waals surface area contributed by atoms with Gasteiger partial charge in [0.1, 0.15) is 28.5 Å². The molecule has 1 atom stereocenters. The molecule has 3 aromatic heterocycles. The number of aryl methyl sites for hydroxylation is 1. The van der Waals surface area contributed by atoms with Crippen molar-refractivity contribution in [1.29, 1.82) is 0 Å². The molecule has 0 amide bonds. The lowest BCUT2D eigenvalue weighted by atomic mass is 10.0. The number of fused-ring (bicyclic) bond motifs is 1. The molecule has 5 rings (SSSR count). The van der Waals surface area contributed by atoms with E-state index < -0.39 is 41.0 Å². The summed E-state index contributed by atoms with van der Waals surface area (Å²) in [5, 5.41) is 9.97. The van der Waals surface area contributed by atoms with E-state index >= 15 is 0 Å². The van der Waals surface area contributed by atoms with Gasteiger partial charge >= 0.3 is 18.0 Å². The predicted molar refractivity (Wildman–Crippen MR) is 144 cm³/mol. The van der Waals surface area contributed by atoms with Crippen molar-refractivity contribution >= 4 is 27.5 Å². The second-order valence-electron chi connectivity index (χ2n) is 10.3. The van der Waals surface area contributed by atoms with Gasteiger partial charge in [0, 0.05) is 11.5 Å². The van der Waals surface area contributed by atoms with Crippen LogP contribution in [0.5, 0.6) is 5.75 Å². The molecule has 0 spiro atoms. The van der Waals surface area contributed by atoms with E-state index in [0.29, 0.717) is 28.2 Å². The summed E-state index contributed by atoms with van der Waals surface area (Å²) in [5.41, 5.74) is -3.38. The fraction of sp³-hybridized carbons (Fsp3) is 0.407. The number of nitrogens with zero attached hydrogens (tertiary/aromatic N) is 3. The maximum absolute atomic E-state index is 14.0. The molecule has 0 saturated carbocycles. The molecule has 0 radical (unpaired) electrons. The van der Waals surface area contributed by atoms with Gasteiger partial charge in [0.2, 0.25) is 5.89 Å². The minimum Gasteiger partial charge on any atom is -0.480 e. The molecular formula is C27H26F3N3O8S. The van der Waals surface area contributed by atoms with Crippen LogP contribution in [0.4, 0.5) is 13.2 Å². The van der Waals surface area contributed by atoms with Gasteiger partial charge in [-0.15, -0.1) is 24.5 Å². The summed E-state index contributed by atoms with van der Waals surface area (Å²) in [5.74, 6) is -1.79. The Morgan fingerprint density at radius 2 is 1.95 bits per heavy atom. The lowest BCUT2D eigenvalue weighted by molar-refractivity contribution is -0.275. The summed E-state index contributed by atoms with van der Waals surface area (Å²) in [4.78, 5) is 44.6. The van der Waals surface area contributed by atoms with Gasteiger partial charge in [0.15, 0.2) is 0 Å². The van der Waals surface area contributed by atoms with E-state index in [1.165, 1.54) is 44.5 Å². The largest absolute Gasteiger partial charge is 0.573 e. The van der Waals surface area contributed by atoms with Crippen molar-refractivity contribution < 1.29 is 41.7 Å². The lowest BCUT2D eigenvalue weighted by Gasteiger charge is -2.29. The fourth-order valence-corrected chi connectivity index (χ4v) is 5.88. The van der Waals surface area contributed by atoms with Gasteiger partial charge in [-0.05, 0) is 32.4 Å². The number of carbonyl (C=O) groups is 1. The molecule has 0 aliphatic carbocycles. The van der Waals surface area contributed by atoms with Crippen LogP contribution >= 0.6 is 11.3 Å². The molecule has 1 saturated heterocycles. The number of hydrogen-bond acceptors (Lipinski definition) is 9. The maximum Gasteiger partial charge on any atom is 0.573 e. The Bertz CT molecular complexity index is 1740. The predicted octanol–water partition coefficient (Wildman–Crippen LogP) is 4.31. The van der Waals surface area contributed by atoms with Crippen LogP contribution in [0.15, 0.2) is 50.7 Å². The molecule has 0 bridgehead atoms. The Hall–Kier alpha value is -3.95. The van der Waals surface area contributed by atoms with Crippen LogP contribution in [0.25, 0.3) is 21.0 Å². The summed E-state index contributed by atoms with van der Waals surface area (Å²) in [6.07, 6.45) is -3.43. The van der Waals surface area contributed by atoms with Crippen LogP contribution in [0.2, 0.25) is 0 Å². The highest BCUT2D eigenvalue weighted by molar-refractivity contribution is 7.22. The topological polar surface area (TPSA) is 135 Å². The number of hydrogen-bond donors (Lipinski definition) is 1. The van der Waals surface area contributed by atoms with Crippen LogP contribution in [0.1, 0.15) is 31.1 Å². The molecule has 11 nitrogen and oxygen atoms in total. The number of halogens is 3. The molecule has 42 heavy (non-hydrogen) atoms. The van der Waals surface area contributed by atoms with Crippen LogP contribution < -0.4 is 16.0 Å². The van der Waals surface area contributed by atoms with Crippen LogP contribution in [0, 0.1) is 12.8 Å². The second kappa shape index (κ2) is 11.0. The highest BCUT2D eigenvalue weighted by Gasteiger charge is 2.37. The van der Waals surface area contributed by atoms with Gasteiger partial charge in [0.05, 0.1) is 42.8 Å². The third-order valence-electron chi connectivity index (χ3n) is 7.00. The Labute approximate surface area is 239 Å². The summed E-state index contributed by atoms with van der Waals surface area (Å²) in [6, 6.07) is 5.39. The molecule has 1 aliphatic heterocycles. The van der Waals surface area contributed by atoms with E-state index in [0.717, 1.165) is 22.0 Å². The summed E-state index contributed by atoms with van der Waals surface area (Å²) in [7, 11) is 0. The van der Waals surface area contributed by atoms with E-state index in [9.17, 15) is 32.7 Å². The SMILES string of the molecule is Cc1c(-c2ncco2)sc2c1c(=O)n(C(C)(C)C(=O)O)c(=O)n2CC(OCC1COC1)c1ccccc1OC(F)(F)F. The van der Waals surface area contributed by atoms with E-state index in [1.54, 1.807) is 6.92 Å². The van der Waals surface area contributed by atoms with Crippen molar-refractivity contribution in [2.75, 3.05) is 19.8 Å². The molecule has 1 aliphatic rings. The second-order valence-corrected chi connectivity index (χ2v) is 11.3. The Morgan fingerprint density at radius 3 is 2.55 bits per heavy atom. The number of thiophene rings is 1. The number of alkyl halides is 3. The van der Waals surface area contributed by atoms with Crippen molar-refractivity contribution in [3.05, 3.63) is 68.7 Å². The normalized spacial score (nSPS) is 15.1. The first-order valence-electron chi connectivity index (χ1n) is 12.8. The quantitative estimate of drug-likeness (QED) is 0.279. The minimum absolute atomic E-state index is 0.00608. The van der Waals surface area contributed by atoms with E-state index in [4.69, 9.17) is 13.9 Å². The molecule has 4 aromatic rings. The average Bonchev–Trinajstić information content (AvgIpc) is 3.52. The first-order chi connectivity index (χ1) is 19.8. The molecule has 1 N–H and O–H groups in total. The first kappa shape index (κ1) is 29.5. The number of aliphatic carboxylic acids is 1. The van der Waals surface area contributed by atoms with Crippen LogP contribution in [0.3, 0.4) is 0 Å². The Balaban J connectivity index is 1.74. The number of rotatable bonds is 10. The van der Waals surface area contributed by atoms with Gasteiger partial charge < -0.3 is 23.7 Å². The van der Waals surface area contributed by atoms with Gasteiger partial charge in [0.25, 0.3) is 5.56 Å². The number of carboxylic acids is 1. The van der Waals surface area contributed by atoms with E-state index in [1.807, 2.05) is 0 Å². The average molecular weight is 610 g/mol. The number of benzene rings is 1. The zero-order chi connectivity index (χ0) is 30.4. The van der Waals surface area contributed by atoms with Gasteiger partial charge in [-0.2, -0.15) is 0 Å². The lowest BCUT2D eigenvalue weighted by Crippen LogP contribution is -2.52. The number of aromatic nitrogens is 3. The third kappa shape index (κ3) is 5.46. The zero-order valence-corrected chi connectivity index (χ0v) is 23.5. The maximum atomic E-state index is 14.0. The fourth-order valence-electron chi connectivity index (χ4n) is 4.64. The molecule has 1 aromatic carbocycles. The minimum atomic E-state index is -5.00. The van der Waals surface area contributed by atoms with Crippen molar-refractivity contribution in [3.8, 4) is 16.5 Å². The van der Waals surface area contributed by atoms with Gasteiger partial charge in [-0.1, -0.05) is 18.2 Å². The monoisotopic (exact) mass is 609 g/mol. The van der Waals surface area contributed by atoms with E-state index in [-0.39, 0.29) is 40.7 Å². The van der Waals surface area contributed by atoms with Crippen LogP contribution in [-0.2, 0) is 26.4 Å². The first-order valence-corrected chi connectivity index (χ1v) is 13.6. The summed E-state index contributed by atoms with van der Waals surface area (Å²) < 4.78 is 62.7. The van der Waals surface area contributed by atoms with Crippen molar-refractivity contribution in [2.45, 2.75) is 45.3 Å². The van der Waals surface area contributed by atoms with Crippen molar-refractivity contribution in [3.63, 3.8) is 0 Å². The van der Waals surface area contributed by atoms with Gasteiger partial charge in [-0.25, -0.2) is 19.1 Å². The van der Waals surface area contributed by atoms with Gasteiger partial charge in [-0.3, -0.25) is 9.36 Å². The van der Waals surface area contributed by atoms with Crippen molar-refractivity contribution in [1.82, 2.24) is 14.1 Å². The number of ether oxygens (including phenoxy) is 3. The van der Waals surface area contributed by atoms with Crippen LogP contribution in [-0.4, -0.2) is 51.4 Å². The summed E-state index contributed by atoms with van der Waals surface area (Å²) in [6.45, 7) is 4.57. The molecule has 1 fully saturated rings. The standard InChI is InChI=1S/C27H26F3N3O8S/c1-14-19-22(34)33(26(2,3)24(35)36)25(37)32(23(19)42-20(14)21-31-8-9-39-21)10-18(40-13-15-11-38-12-15)16-6-4-5-7-17(16)41-27(28,29)30/h4-9,15,18H,10-13H2,1-3H3,(H,35,36). The molecule has 224 valence electrons. The Kier molecular flexibility index (Phi) is 7.76. The molecule has 4 heterocycles. The molecule has 1 unspecified atom stereocenters. The molecule has 15 heteroatoms. The summed E-state index contributed by atoms with van der Waals surface area (Å²) >= 11 is 1.01. The highest BCUT2D eigenvalue weighted by Crippen LogP contribution is 2.38. The Morgan fingerprint density at radius 1 is 1.24 bits per heavy atom. The third-order valence-corrected chi connectivity index (χ3v) is 8.30. The number of oxazole rings is 1. The highest BCUT2D eigenvalue weighted by atomic mass is 32.1. The van der Waals surface area contributed by atoms with Crippen molar-refractivity contribution in [2.24, 2.45) is 5.92 Å². The smallest absolute Gasteiger partial charge is 0.480 e. The number of carboxylic acid groups (broad SMARTS) is 1. The van der Waals surface area contributed by atoms with E-state index in [2.05, 4.69) is 9.72 Å². The number of para-hydroxylation sites is 1. The molecular weight excluding hydrogens is 583 g/mol. The zero-order valence-electron chi connectivity index (χ0n) is 22.6.